The summed E-state index contributed by atoms with van der Waals surface area (Å²) in [6.45, 7) is 4.59. The van der Waals surface area contributed by atoms with Crippen molar-refractivity contribution < 1.29 is 0 Å². The molecule has 1 aromatic heterocycles. The van der Waals surface area contributed by atoms with Crippen molar-refractivity contribution in [3.63, 3.8) is 0 Å². The van der Waals surface area contributed by atoms with E-state index in [2.05, 4.69) is 16.8 Å². The van der Waals surface area contributed by atoms with E-state index in [1.807, 2.05) is 18.5 Å². The second-order valence-electron chi connectivity index (χ2n) is 4.31. The molecule has 3 heteroatoms. The van der Waals surface area contributed by atoms with E-state index >= 15 is 0 Å². The lowest BCUT2D eigenvalue weighted by Gasteiger charge is -2.32. The third-order valence-corrected chi connectivity index (χ3v) is 3.44. The van der Waals surface area contributed by atoms with E-state index in [0.29, 0.717) is 5.88 Å². The van der Waals surface area contributed by atoms with Gasteiger partial charge in [0.15, 0.2) is 0 Å². The van der Waals surface area contributed by atoms with Crippen LogP contribution in [-0.4, -0.2) is 18.1 Å². The first-order valence-electron chi connectivity index (χ1n) is 5.55. The van der Waals surface area contributed by atoms with Crippen LogP contribution in [-0.2, 0) is 5.88 Å². The Bertz CT molecular complexity index is 319. The fourth-order valence-corrected chi connectivity index (χ4v) is 2.29. The second-order valence-corrected chi connectivity index (χ2v) is 4.57. The maximum Gasteiger partial charge on any atom is 0.0597 e. The smallest absolute Gasteiger partial charge is 0.0597 e. The molecule has 1 aliphatic heterocycles. The summed E-state index contributed by atoms with van der Waals surface area (Å²) in [6.07, 6.45) is 6.30. The van der Waals surface area contributed by atoms with E-state index < -0.39 is 0 Å². The Morgan fingerprint density at radius 3 is 2.87 bits per heavy atom. The minimum Gasteiger partial charge on any atom is -0.370 e. The van der Waals surface area contributed by atoms with Crippen LogP contribution < -0.4 is 4.90 Å². The predicted molar refractivity (Wildman–Crippen MR) is 64.4 cm³/mol. The van der Waals surface area contributed by atoms with Gasteiger partial charge in [-0.1, -0.05) is 6.92 Å². The van der Waals surface area contributed by atoms with E-state index in [-0.39, 0.29) is 0 Å². The second kappa shape index (κ2) is 4.84. The lowest BCUT2D eigenvalue weighted by atomic mass is 9.98. The number of rotatable bonds is 2. The molecule has 0 aliphatic carbocycles. The van der Waals surface area contributed by atoms with Crippen LogP contribution in [0.3, 0.4) is 0 Å². The Hall–Kier alpha value is -0.760. The van der Waals surface area contributed by atoms with Crippen molar-refractivity contribution in [2.45, 2.75) is 25.6 Å². The maximum atomic E-state index is 5.93. The molecule has 0 unspecified atom stereocenters. The topological polar surface area (TPSA) is 16.1 Å². The van der Waals surface area contributed by atoms with Crippen molar-refractivity contribution >= 4 is 17.3 Å². The van der Waals surface area contributed by atoms with Crippen LogP contribution in [0.15, 0.2) is 18.5 Å². The quantitative estimate of drug-likeness (QED) is 0.718. The first kappa shape index (κ1) is 10.7. The molecule has 0 bridgehead atoms. The number of pyridine rings is 1. The van der Waals surface area contributed by atoms with Crippen LogP contribution in [0.5, 0.6) is 0 Å². The van der Waals surface area contributed by atoms with E-state index in [1.54, 1.807) is 0 Å². The lowest BCUT2D eigenvalue weighted by Crippen LogP contribution is -2.33. The van der Waals surface area contributed by atoms with Crippen molar-refractivity contribution in [3.05, 3.63) is 24.0 Å². The Balaban J connectivity index is 2.15. The molecular formula is C12H17ClN2. The Kier molecular flexibility index (Phi) is 3.47. The zero-order valence-corrected chi connectivity index (χ0v) is 9.87. The molecule has 2 heterocycles. The molecule has 82 valence electrons. The van der Waals surface area contributed by atoms with Gasteiger partial charge in [0.05, 0.1) is 11.9 Å². The van der Waals surface area contributed by atoms with Gasteiger partial charge in [-0.25, -0.2) is 0 Å². The summed E-state index contributed by atoms with van der Waals surface area (Å²) in [7, 11) is 0. The zero-order valence-electron chi connectivity index (χ0n) is 9.12. The number of anilines is 1. The molecule has 15 heavy (non-hydrogen) atoms. The molecule has 0 aromatic carbocycles. The Labute approximate surface area is 96.3 Å². The summed E-state index contributed by atoms with van der Waals surface area (Å²) in [6, 6.07) is 2.01. The number of hydrogen-bond acceptors (Lipinski definition) is 2. The molecule has 0 radical (unpaired) electrons. The molecule has 0 atom stereocenters. The van der Waals surface area contributed by atoms with Crippen molar-refractivity contribution in [3.8, 4) is 0 Å². The number of piperidine rings is 1. The highest BCUT2D eigenvalue weighted by molar-refractivity contribution is 6.17. The van der Waals surface area contributed by atoms with E-state index in [1.165, 1.54) is 24.1 Å². The zero-order chi connectivity index (χ0) is 10.7. The molecular weight excluding hydrogens is 208 g/mol. The summed E-state index contributed by atoms with van der Waals surface area (Å²) in [5.41, 5.74) is 2.42. The van der Waals surface area contributed by atoms with Crippen molar-refractivity contribution in [1.29, 1.82) is 0 Å². The van der Waals surface area contributed by atoms with Gasteiger partial charge in [-0.2, -0.15) is 0 Å². The molecule has 1 saturated heterocycles. The van der Waals surface area contributed by atoms with Crippen molar-refractivity contribution in [2.24, 2.45) is 5.92 Å². The average molecular weight is 225 g/mol. The predicted octanol–water partition coefficient (Wildman–Crippen LogP) is 3.06. The number of hydrogen-bond donors (Lipinski definition) is 0. The first-order valence-corrected chi connectivity index (χ1v) is 6.08. The van der Waals surface area contributed by atoms with Gasteiger partial charge in [0.2, 0.25) is 0 Å². The summed E-state index contributed by atoms with van der Waals surface area (Å²) in [5, 5.41) is 0. The van der Waals surface area contributed by atoms with Gasteiger partial charge in [-0.15, -0.1) is 11.6 Å². The number of aromatic nitrogens is 1. The van der Waals surface area contributed by atoms with Gasteiger partial charge in [0.1, 0.15) is 0 Å². The minimum absolute atomic E-state index is 0.573. The van der Waals surface area contributed by atoms with Crippen LogP contribution in [0.1, 0.15) is 25.3 Å². The number of halogens is 1. The van der Waals surface area contributed by atoms with E-state index in [0.717, 1.165) is 19.0 Å². The molecule has 2 nitrogen and oxygen atoms in total. The molecule has 1 aromatic rings. The average Bonchev–Trinajstić information content (AvgIpc) is 2.30. The number of nitrogens with zero attached hydrogens (tertiary/aromatic N) is 2. The van der Waals surface area contributed by atoms with Gasteiger partial charge in [-0.3, -0.25) is 4.98 Å². The fourth-order valence-electron chi connectivity index (χ4n) is 2.06. The van der Waals surface area contributed by atoms with Crippen LogP contribution >= 0.6 is 11.6 Å². The van der Waals surface area contributed by atoms with Crippen LogP contribution in [0.4, 0.5) is 5.69 Å². The third kappa shape index (κ3) is 2.43. The largest absolute Gasteiger partial charge is 0.370 e. The highest BCUT2D eigenvalue weighted by atomic mass is 35.5. The normalized spacial score (nSPS) is 18.1. The SMILES string of the molecule is CC1CCN(c2cnccc2CCl)CC1. The summed E-state index contributed by atoms with van der Waals surface area (Å²) >= 11 is 5.93. The summed E-state index contributed by atoms with van der Waals surface area (Å²) < 4.78 is 0. The molecule has 2 rings (SSSR count). The lowest BCUT2D eigenvalue weighted by molar-refractivity contribution is 0.438. The molecule has 0 spiro atoms. The molecule has 0 N–H and O–H groups in total. The van der Waals surface area contributed by atoms with Crippen molar-refractivity contribution in [2.75, 3.05) is 18.0 Å². The van der Waals surface area contributed by atoms with Gasteiger partial charge >= 0.3 is 0 Å². The molecule has 1 aliphatic rings. The first-order chi connectivity index (χ1) is 7.31. The Morgan fingerprint density at radius 2 is 2.20 bits per heavy atom. The molecule has 0 saturated carbocycles. The van der Waals surface area contributed by atoms with Crippen LogP contribution in [0.2, 0.25) is 0 Å². The van der Waals surface area contributed by atoms with Gasteiger partial charge in [-0.05, 0) is 30.4 Å². The van der Waals surface area contributed by atoms with Crippen LogP contribution in [0.25, 0.3) is 0 Å². The van der Waals surface area contributed by atoms with Crippen LogP contribution in [0, 0.1) is 5.92 Å². The maximum absolute atomic E-state index is 5.93. The van der Waals surface area contributed by atoms with Gasteiger partial charge < -0.3 is 4.90 Å². The van der Waals surface area contributed by atoms with Gasteiger partial charge in [0.25, 0.3) is 0 Å². The monoisotopic (exact) mass is 224 g/mol. The summed E-state index contributed by atoms with van der Waals surface area (Å²) in [4.78, 5) is 6.59. The fraction of sp³-hybridized carbons (Fsp3) is 0.583. The third-order valence-electron chi connectivity index (χ3n) is 3.16. The molecule has 1 fully saturated rings. The van der Waals surface area contributed by atoms with E-state index in [4.69, 9.17) is 11.6 Å². The highest BCUT2D eigenvalue weighted by Gasteiger charge is 2.17. The highest BCUT2D eigenvalue weighted by Crippen LogP contribution is 2.26. The minimum atomic E-state index is 0.573. The van der Waals surface area contributed by atoms with Crippen molar-refractivity contribution in [1.82, 2.24) is 4.98 Å². The Morgan fingerprint density at radius 1 is 1.47 bits per heavy atom. The standard InChI is InChI=1S/C12H17ClN2/c1-10-3-6-15(7-4-10)12-9-14-5-2-11(12)8-13/h2,5,9-10H,3-4,6-8H2,1H3. The van der Waals surface area contributed by atoms with Gasteiger partial charge in [0, 0.05) is 25.2 Å². The molecule has 0 amide bonds. The number of alkyl halides is 1. The van der Waals surface area contributed by atoms with E-state index in [9.17, 15) is 0 Å². The summed E-state index contributed by atoms with van der Waals surface area (Å²) in [5.74, 6) is 1.43.